The number of aromatic nitrogens is 3. The SMILES string of the molecule is CN1CCCC[C@H]1c1nnc2n1CCN(C(=O)CN1CCCCCC1=O)CC2. The van der Waals surface area contributed by atoms with Crippen LogP contribution in [0, 0.1) is 0 Å². The maximum Gasteiger partial charge on any atom is 0.242 e. The van der Waals surface area contributed by atoms with Crippen molar-refractivity contribution in [2.75, 3.05) is 39.8 Å². The quantitative estimate of drug-likeness (QED) is 0.778. The van der Waals surface area contributed by atoms with Crippen molar-refractivity contribution in [3.63, 3.8) is 0 Å². The van der Waals surface area contributed by atoms with Gasteiger partial charge in [0, 0.05) is 39.0 Å². The van der Waals surface area contributed by atoms with Crippen LogP contribution >= 0.6 is 0 Å². The standard InChI is InChI=1S/C20H32N6O2/c1-23-10-6-4-7-16(23)20-22-21-17-9-12-24(13-14-26(17)20)19(28)15-25-11-5-2-3-8-18(25)27/h16H,2-15H2,1H3/t16-/m0/s1. The fourth-order valence-corrected chi connectivity index (χ4v) is 4.71. The third-order valence-electron chi connectivity index (χ3n) is 6.47. The molecule has 1 atom stereocenters. The number of hydrogen-bond donors (Lipinski definition) is 0. The van der Waals surface area contributed by atoms with Gasteiger partial charge in [0.1, 0.15) is 11.6 Å². The Kier molecular flexibility index (Phi) is 5.94. The summed E-state index contributed by atoms with van der Waals surface area (Å²) in [6, 6.07) is 0.326. The van der Waals surface area contributed by atoms with Gasteiger partial charge >= 0.3 is 0 Å². The molecule has 1 aromatic rings. The van der Waals surface area contributed by atoms with E-state index in [1.165, 1.54) is 12.8 Å². The lowest BCUT2D eigenvalue weighted by Gasteiger charge is -2.32. The van der Waals surface area contributed by atoms with Crippen molar-refractivity contribution in [2.24, 2.45) is 0 Å². The van der Waals surface area contributed by atoms with E-state index in [2.05, 4.69) is 26.7 Å². The van der Waals surface area contributed by atoms with E-state index in [0.717, 1.165) is 56.8 Å². The van der Waals surface area contributed by atoms with Gasteiger partial charge in [-0.2, -0.15) is 0 Å². The second-order valence-corrected chi connectivity index (χ2v) is 8.37. The molecular formula is C20H32N6O2. The Labute approximate surface area is 166 Å². The fraction of sp³-hybridized carbons (Fsp3) is 0.800. The highest BCUT2D eigenvalue weighted by Gasteiger charge is 2.30. The molecule has 0 saturated carbocycles. The van der Waals surface area contributed by atoms with E-state index in [0.29, 0.717) is 32.1 Å². The van der Waals surface area contributed by atoms with Crippen LogP contribution in [0.3, 0.4) is 0 Å². The minimum Gasteiger partial charge on any atom is -0.339 e. The Morgan fingerprint density at radius 1 is 0.964 bits per heavy atom. The molecule has 8 nitrogen and oxygen atoms in total. The minimum absolute atomic E-state index is 0.0605. The lowest BCUT2D eigenvalue weighted by molar-refractivity contribution is -0.140. The van der Waals surface area contributed by atoms with Crippen LogP contribution in [0.1, 0.15) is 62.6 Å². The van der Waals surface area contributed by atoms with Crippen LogP contribution in [0.2, 0.25) is 0 Å². The zero-order chi connectivity index (χ0) is 19.5. The van der Waals surface area contributed by atoms with E-state index in [4.69, 9.17) is 0 Å². The third-order valence-corrected chi connectivity index (χ3v) is 6.47. The monoisotopic (exact) mass is 388 g/mol. The van der Waals surface area contributed by atoms with Gasteiger partial charge in [-0.15, -0.1) is 10.2 Å². The first kappa shape index (κ1) is 19.4. The molecule has 0 aliphatic carbocycles. The molecule has 2 saturated heterocycles. The lowest BCUT2D eigenvalue weighted by atomic mass is 10.0. The molecule has 28 heavy (non-hydrogen) atoms. The topological polar surface area (TPSA) is 74.6 Å². The van der Waals surface area contributed by atoms with Crippen molar-refractivity contribution in [1.82, 2.24) is 29.5 Å². The maximum absolute atomic E-state index is 12.9. The molecule has 0 unspecified atom stereocenters. The lowest BCUT2D eigenvalue weighted by Crippen LogP contribution is -2.43. The zero-order valence-electron chi connectivity index (χ0n) is 17.0. The predicted molar refractivity (Wildman–Crippen MR) is 105 cm³/mol. The van der Waals surface area contributed by atoms with Crippen LogP contribution in [0.5, 0.6) is 0 Å². The molecule has 4 rings (SSSR count). The Hall–Kier alpha value is -1.96. The molecule has 0 bridgehead atoms. The van der Waals surface area contributed by atoms with Gasteiger partial charge in [0.25, 0.3) is 0 Å². The van der Waals surface area contributed by atoms with Gasteiger partial charge in [-0.3, -0.25) is 14.5 Å². The molecule has 0 radical (unpaired) electrons. The number of carbonyl (C=O) groups excluding carboxylic acids is 2. The Bertz CT molecular complexity index is 718. The molecule has 0 aromatic carbocycles. The smallest absolute Gasteiger partial charge is 0.242 e. The number of fused-ring (bicyclic) bond motifs is 1. The van der Waals surface area contributed by atoms with Crippen molar-refractivity contribution >= 4 is 11.8 Å². The van der Waals surface area contributed by atoms with Gasteiger partial charge in [0.2, 0.25) is 11.8 Å². The molecule has 2 fully saturated rings. The van der Waals surface area contributed by atoms with Gasteiger partial charge in [-0.1, -0.05) is 12.8 Å². The molecular weight excluding hydrogens is 356 g/mol. The minimum atomic E-state index is 0.0605. The van der Waals surface area contributed by atoms with E-state index < -0.39 is 0 Å². The van der Waals surface area contributed by atoms with Gasteiger partial charge < -0.3 is 14.4 Å². The first-order valence-corrected chi connectivity index (χ1v) is 10.8. The number of carbonyl (C=O) groups is 2. The second kappa shape index (κ2) is 8.59. The zero-order valence-corrected chi connectivity index (χ0v) is 17.0. The largest absolute Gasteiger partial charge is 0.339 e. The highest BCUT2D eigenvalue weighted by molar-refractivity contribution is 5.85. The van der Waals surface area contributed by atoms with Gasteiger partial charge in [-0.25, -0.2) is 0 Å². The summed E-state index contributed by atoms with van der Waals surface area (Å²) in [5.41, 5.74) is 0. The fourth-order valence-electron chi connectivity index (χ4n) is 4.71. The second-order valence-electron chi connectivity index (χ2n) is 8.37. The molecule has 3 aliphatic heterocycles. The molecule has 2 amide bonds. The maximum atomic E-state index is 12.9. The Balaban J connectivity index is 1.40. The number of rotatable bonds is 3. The summed E-state index contributed by atoms with van der Waals surface area (Å²) >= 11 is 0. The first-order chi connectivity index (χ1) is 13.6. The number of piperidine rings is 1. The summed E-state index contributed by atoms with van der Waals surface area (Å²) in [6.07, 6.45) is 7.91. The Morgan fingerprint density at radius 2 is 1.82 bits per heavy atom. The van der Waals surface area contributed by atoms with Gasteiger partial charge in [-0.05, 0) is 39.3 Å². The molecule has 4 heterocycles. The van der Waals surface area contributed by atoms with E-state index in [-0.39, 0.29) is 18.4 Å². The Morgan fingerprint density at radius 3 is 2.68 bits per heavy atom. The molecule has 0 N–H and O–H groups in total. The summed E-state index contributed by atoms with van der Waals surface area (Å²) < 4.78 is 2.23. The van der Waals surface area contributed by atoms with Crippen LogP contribution in [0.25, 0.3) is 0 Å². The molecule has 0 spiro atoms. The predicted octanol–water partition coefficient (Wildman–Crippen LogP) is 1.22. The van der Waals surface area contributed by atoms with Crippen molar-refractivity contribution in [2.45, 2.75) is 64.0 Å². The van der Waals surface area contributed by atoms with Crippen molar-refractivity contribution < 1.29 is 9.59 Å². The average Bonchev–Trinajstić information content (AvgIpc) is 2.83. The van der Waals surface area contributed by atoms with E-state index >= 15 is 0 Å². The summed E-state index contributed by atoms with van der Waals surface area (Å²) in [7, 11) is 2.16. The van der Waals surface area contributed by atoms with Crippen molar-refractivity contribution in [3.8, 4) is 0 Å². The molecule has 1 aromatic heterocycles. The number of amides is 2. The van der Waals surface area contributed by atoms with Crippen LogP contribution in [-0.2, 0) is 22.6 Å². The van der Waals surface area contributed by atoms with Crippen LogP contribution in [-0.4, -0.2) is 81.1 Å². The third kappa shape index (κ3) is 4.06. The van der Waals surface area contributed by atoms with Crippen LogP contribution in [0.15, 0.2) is 0 Å². The first-order valence-electron chi connectivity index (χ1n) is 10.8. The normalized spacial score (nSPS) is 24.6. The van der Waals surface area contributed by atoms with Gasteiger partial charge in [0.05, 0.1) is 12.6 Å². The van der Waals surface area contributed by atoms with E-state index in [9.17, 15) is 9.59 Å². The number of likely N-dealkylation sites (tertiary alicyclic amines) is 2. The highest BCUT2D eigenvalue weighted by Crippen LogP contribution is 2.29. The van der Waals surface area contributed by atoms with Crippen molar-refractivity contribution in [3.05, 3.63) is 11.6 Å². The summed E-state index contributed by atoms with van der Waals surface area (Å²) in [4.78, 5) is 31.1. The molecule has 8 heteroatoms. The molecule has 3 aliphatic rings. The summed E-state index contributed by atoms with van der Waals surface area (Å²) in [6.45, 7) is 4.08. The number of hydrogen-bond acceptors (Lipinski definition) is 5. The van der Waals surface area contributed by atoms with Crippen molar-refractivity contribution in [1.29, 1.82) is 0 Å². The summed E-state index contributed by atoms with van der Waals surface area (Å²) in [5.74, 6) is 2.22. The average molecular weight is 389 g/mol. The van der Waals surface area contributed by atoms with Crippen LogP contribution < -0.4 is 0 Å². The van der Waals surface area contributed by atoms with Gasteiger partial charge in [0.15, 0.2) is 0 Å². The van der Waals surface area contributed by atoms with E-state index in [1.54, 1.807) is 4.90 Å². The number of nitrogens with zero attached hydrogens (tertiary/aromatic N) is 6. The highest BCUT2D eigenvalue weighted by atomic mass is 16.2. The summed E-state index contributed by atoms with van der Waals surface area (Å²) in [5, 5.41) is 8.96. The van der Waals surface area contributed by atoms with Crippen LogP contribution in [0.4, 0.5) is 0 Å². The molecule has 154 valence electrons. The van der Waals surface area contributed by atoms with E-state index in [1.807, 2.05) is 4.90 Å².